The molecule has 0 saturated carbocycles. The maximum atomic E-state index is 6.57. The van der Waals surface area contributed by atoms with Crippen LogP contribution in [0.3, 0.4) is 0 Å². The van der Waals surface area contributed by atoms with E-state index in [0.29, 0.717) is 5.02 Å². The van der Waals surface area contributed by atoms with E-state index in [0.717, 1.165) is 30.1 Å². The molecule has 1 atom stereocenters. The molecule has 0 spiro atoms. The van der Waals surface area contributed by atoms with E-state index >= 15 is 0 Å². The predicted octanol–water partition coefficient (Wildman–Crippen LogP) is 7.26. The zero-order chi connectivity index (χ0) is 14.2. The summed E-state index contributed by atoms with van der Waals surface area (Å²) in [5, 5.41) is 0.441. The van der Waals surface area contributed by atoms with Gasteiger partial charge >= 0.3 is 0 Å². The van der Waals surface area contributed by atoms with Gasteiger partial charge in [0, 0.05) is 13.4 Å². The van der Waals surface area contributed by atoms with Crippen LogP contribution in [0, 0.1) is 6.92 Å². The fourth-order valence-corrected chi connectivity index (χ4v) is 3.72. The van der Waals surface area contributed by atoms with Gasteiger partial charge in [-0.2, -0.15) is 0 Å². The Bertz CT molecular complexity index is 626. The highest BCUT2D eigenvalue weighted by atomic mass is 79.9. The Balaban J connectivity index is 2.46. The van der Waals surface area contributed by atoms with Crippen LogP contribution in [0.15, 0.2) is 43.7 Å². The largest absolute Gasteiger partial charge is 0.113 e. The first-order valence-electron chi connectivity index (χ1n) is 5.44. The zero-order valence-corrected chi connectivity index (χ0v) is 16.1. The minimum absolute atomic E-state index is 0.236. The van der Waals surface area contributed by atoms with Crippen molar-refractivity contribution in [1.82, 2.24) is 0 Å². The van der Waals surface area contributed by atoms with Crippen molar-refractivity contribution < 1.29 is 0 Å². The molecule has 0 fully saturated rings. The molecule has 0 radical (unpaired) electrons. The van der Waals surface area contributed by atoms with Gasteiger partial charge in [-0.05, 0) is 63.8 Å². The van der Waals surface area contributed by atoms with Gasteiger partial charge in [0.05, 0.1) is 10.4 Å². The molecular weight excluding hydrogens is 479 g/mol. The molecule has 2 rings (SSSR count). The van der Waals surface area contributed by atoms with Gasteiger partial charge in [-0.25, -0.2) is 0 Å². The van der Waals surface area contributed by atoms with E-state index < -0.39 is 0 Å². The molecule has 100 valence electrons. The molecule has 0 amide bonds. The molecule has 0 aromatic heterocycles. The van der Waals surface area contributed by atoms with Crippen molar-refractivity contribution >= 4 is 71.0 Å². The maximum absolute atomic E-state index is 6.57. The Kier molecular flexibility index (Phi) is 5.41. The molecule has 0 heterocycles. The van der Waals surface area contributed by atoms with Crippen LogP contribution < -0.4 is 0 Å². The molecule has 0 aliphatic rings. The number of rotatable bonds is 2. The molecule has 0 nitrogen and oxygen atoms in total. The minimum atomic E-state index is -0.236. The Morgan fingerprint density at radius 3 is 2.26 bits per heavy atom. The summed E-state index contributed by atoms with van der Waals surface area (Å²) in [4.78, 5) is 0. The van der Waals surface area contributed by atoms with Gasteiger partial charge in [0.2, 0.25) is 0 Å². The highest BCUT2D eigenvalue weighted by Crippen LogP contribution is 2.38. The topological polar surface area (TPSA) is 0 Å². The number of benzene rings is 2. The summed E-state index contributed by atoms with van der Waals surface area (Å²) < 4.78 is 2.89. The second-order valence-electron chi connectivity index (χ2n) is 4.16. The van der Waals surface area contributed by atoms with Gasteiger partial charge < -0.3 is 0 Å². The zero-order valence-electron chi connectivity index (χ0n) is 9.85. The smallest absolute Gasteiger partial charge is 0.0847 e. The van der Waals surface area contributed by atoms with Gasteiger partial charge in [0.15, 0.2) is 0 Å². The van der Waals surface area contributed by atoms with Gasteiger partial charge in [-0.3, -0.25) is 0 Å². The monoisotopic (exact) mass is 484 g/mol. The van der Waals surface area contributed by atoms with E-state index in [4.69, 9.17) is 23.2 Å². The number of hydrogen-bond acceptors (Lipinski definition) is 0. The second-order valence-corrected chi connectivity index (χ2v) is 7.57. The third-order valence-corrected chi connectivity index (χ3v) is 6.03. The predicted molar refractivity (Wildman–Crippen MR) is 93.4 cm³/mol. The van der Waals surface area contributed by atoms with E-state index in [1.807, 2.05) is 31.2 Å². The van der Waals surface area contributed by atoms with Crippen molar-refractivity contribution in [2.45, 2.75) is 12.3 Å². The first-order chi connectivity index (χ1) is 8.90. The Hall–Kier alpha value is 0.460. The summed E-state index contributed by atoms with van der Waals surface area (Å²) in [5.74, 6) is 0. The van der Waals surface area contributed by atoms with E-state index in [9.17, 15) is 0 Å². The Labute approximate surface area is 147 Å². The average molecular weight is 488 g/mol. The Morgan fingerprint density at radius 1 is 0.947 bits per heavy atom. The van der Waals surface area contributed by atoms with Crippen LogP contribution in [-0.4, -0.2) is 0 Å². The molecule has 5 heteroatoms. The molecule has 0 bridgehead atoms. The van der Waals surface area contributed by atoms with Crippen molar-refractivity contribution in [2.75, 3.05) is 0 Å². The van der Waals surface area contributed by atoms with Gasteiger partial charge in [-0.15, -0.1) is 11.6 Å². The van der Waals surface area contributed by atoms with Crippen molar-refractivity contribution in [2.24, 2.45) is 0 Å². The third kappa shape index (κ3) is 3.56. The quantitative estimate of drug-likeness (QED) is 0.391. The number of aryl methyl sites for hydroxylation is 1. The van der Waals surface area contributed by atoms with Gasteiger partial charge in [0.1, 0.15) is 0 Å². The lowest BCUT2D eigenvalue weighted by Gasteiger charge is -2.15. The summed E-state index contributed by atoms with van der Waals surface area (Å²) in [6.07, 6.45) is 0. The fourth-order valence-electron chi connectivity index (χ4n) is 1.71. The molecule has 1 unspecified atom stereocenters. The number of halogens is 5. The van der Waals surface area contributed by atoms with Gasteiger partial charge in [-0.1, -0.05) is 49.5 Å². The van der Waals surface area contributed by atoms with Crippen LogP contribution >= 0.6 is 71.0 Å². The second kappa shape index (κ2) is 6.48. The summed E-state index contributed by atoms with van der Waals surface area (Å²) in [6.45, 7) is 2.04. The lowest BCUT2D eigenvalue weighted by molar-refractivity contribution is 1.12. The standard InChI is InChI=1S/C14H9Br3Cl2/c1-7-4-11(16)9(6-10(7)15)14(19)8-2-3-13(18)12(17)5-8/h2-6,14H,1H3. The lowest BCUT2D eigenvalue weighted by atomic mass is 10.0. The third-order valence-electron chi connectivity index (χ3n) is 2.79. The summed E-state index contributed by atoms with van der Waals surface area (Å²) in [7, 11) is 0. The molecule has 2 aromatic rings. The highest BCUT2D eigenvalue weighted by molar-refractivity contribution is 9.11. The van der Waals surface area contributed by atoms with Crippen LogP contribution in [0.2, 0.25) is 5.02 Å². The maximum Gasteiger partial charge on any atom is 0.0847 e. The summed E-state index contributed by atoms with van der Waals surface area (Å²) >= 11 is 23.1. The summed E-state index contributed by atoms with van der Waals surface area (Å²) in [5.41, 5.74) is 3.18. The van der Waals surface area contributed by atoms with E-state index in [1.165, 1.54) is 0 Å². The normalized spacial score (nSPS) is 12.5. The minimum Gasteiger partial charge on any atom is -0.113 e. The van der Waals surface area contributed by atoms with Crippen LogP contribution in [0.1, 0.15) is 22.1 Å². The van der Waals surface area contributed by atoms with Crippen molar-refractivity contribution in [3.05, 3.63) is 65.5 Å². The average Bonchev–Trinajstić information content (AvgIpc) is 2.36. The van der Waals surface area contributed by atoms with Gasteiger partial charge in [0.25, 0.3) is 0 Å². The first kappa shape index (κ1) is 15.8. The molecular formula is C14H9Br3Cl2. The lowest BCUT2D eigenvalue weighted by Crippen LogP contribution is -1.96. The van der Waals surface area contributed by atoms with Crippen LogP contribution in [0.25, 0.3) is 0 Å². The summed E-state index contributed by atoms with van der Waals surface area (Å²) in [6, 6.07) is 9.82. The molecule has 0 saturated heterocycles. The fraction of sp³-hybridized carbons (Fsp3) is 0.143. The molecule has 2 aromatic carbocycles. The molecule has 0 N–H and O–H groups in total. The van der Waals surface area contributed by atoms with Crippen LogP contribution in [0.5, 0.6) is 0 Å². The van der Waals surface area contributed by atoms with E-state index in [-0.39, 0.29) is 5.38 Å². The van der Waals surface area contributed by atoms with Crippen molar-refractivity contribution in [3.8, 4) is 0 Å². The number of hydrogen-bond donors (Lipinski definition) is 0. The first-order valence-corrected chi connectivity index (χ1v) is 8.64. The van der Waals surface area contributed by atoms with Crippen molar-refractivity contribution in [1.29, 1.82) is 0 Å². The van der Waals surface area contributed by atoms with Crippen molar-refractivity contribution in [3.63, 3.8) is 0 Å². The SMILES string of the molecule is Cc1cc(Br)c(C(Cl)c2ccc(Cl)c(Br)c2)cc1Br. The van der Waals surface area contributed by atoms with Crippen LogP contribution in [-0.2, 0) is 0 Å². The Morgan fingerprint density at radius 2 is 1.63 bits per heavy atom. The van der Waals surface area contributed by atoms with E-state index in [1.54, 1.807) is 0 Å². The van der Waals surface area contributed by atoms with Crippen LogP contribution in [0.4, 0.5) is 0 Å². The molecule has 0 aliphatic heterocycles. The van der Waals surface area contributed by atoms with E-state index in [2.05, 4.69) is 53.9 Å². The molecule has 0 aliphatic carbocycles. The highest BCUT2D eigenvalue weighted by Gasteiger charge is 2.16. The molecule has 19 heavy (non-hydrogen) atoms. The number of alkyl halides is 1.